The van der Waals surface area contributed by atoms with Gasteiger partial charge in [0.25, 0.3) is 5.91 Å². The van der Waals surface area contributed by atoms with Crippen LogP contribution in [0.3, 0.4) is 0 Å². The Hall–Kier alpha value is -5.39. The highest BCUT2D eigenvalue weighted by Crippen LogP contribution is 2.30. The summed E-state index contributed by atoms with van der Waals surface area (Å²) in [4.78, 5) is 50.0. The van der Waals surface area contributed by atoms with E-state index in [1.807, 2.05) is 75.4 Å². The molecule has 0 aliphatic carbocycles. The molecule has 53 heavy (non-hydrogen) atoms. The van der Waals surface area contributed by atoms with Crippen LogP contribution in [0.2, 0.25) is 0 Å². The Kier molecular flexibility index (Phi) is 13.1. The molecule has 0 aliphatic heterocycles. The Morgan fingerprint density at radius 3 is 2.08 bits per heavy atom. The van der Waals surface area contributed by atoms with Crippen LogP contribution in [0.1, 0.15) is 78.7 Å². The van der Waals surface area contributed by atoms with Gasteiger partial charge in [0, 0.05) is 34.8 Å². The third-order valence-electron chi connectivity index (χ3n) is 8.72. The van der Waals surface area contributed by atoms with Gasteiger partial charge in [0.1, 0.15) is 17.9 Å². The topological polar surface area (TPSA) is 151 Å². The molecule has 276 valence electrons. The number of thiophene rings is 1. The molecule has 0 spiro atoms. The molecule has 5 aromatic rings. The second-order valence-corrected chi connectivity index (χ2v) is 15.0. The minimum Gasteiger partial charge on any atom is -0.494 e. The molecule has 2 amide bonds. The third kappa shape index (κ3) is 10.6. The lowest BCUT2D eigenvalue weighted by atomic mass is 9.95. The van der Waals surface area contributed by atoms with E-state index in [0.29, 0.717) is 28.4 Å². The molecule has 0 saturated carbocycles. The summed E-state index contributed by atoms with van der Waals surface area (Å²) in [7, 11) is 0. The smallest absolute Gasteiger partial charge is 0.329 e. The zero-order valence-corrected chi connectivity index (χ0v) is 31.2. The number of hydrogen-bond donors (Lipinski definition) is 4. The van der Waals surface area contributed by atoms with Crippen LogP contribution < -0.4 is 15.4 Å². The second kappa shape index (κ2) is 17.9. The number of carbonyl (C=O) groups excluding carboxylic acids is 2. The number of amides is 2. The fraction of sp³-hybridized carbons (Fsp3) is 0.310. The van der Waals surface area contributed by atoms with Crippen LogP contribution in [0.4, 0.5) is 0 Å². The number of unbranched alkanes of at least 4 members (excludes halogenated alkanes) is 2. The van der Waals surface area contributed by atoms with Crippen molar-refractivity contribution in [2.24, 2.45) is 0 Å². The van der Waals surface area contributed by atoms with Crippen LogP contribution in [0.5, 0.6) is 5.75 Å². The molecule has 2 aromatic heterocycles. The highest BCUT2D eigenvalue weighted by molar-refractivity contribution is 7.14. The van der Waals surface area contributed by atoms with Crippen molar-refractivity contribution in [3.63, 3.8) is 0 Å². The number of hydrogen-bond acceptors (Lipinski definition) is 8. The maximum absolute atomic E-state index is 13.7. The average Bonchev–Trinajstić information content (AvgIpc) is 3.68. The molecular weight excluding hydrogens is 689 g/mol. The van der Waals surface area contributed by atoms with Crippen LogP contribution >= 0.6 is 11.3 Å². The molecule has 4 N–H and O–H groups in total. The summed E-state index contributed by atoms with van der Waals surface area (Å²) >= 11 is 1.34. The number of aliphatic hydroxyl groups excluding tert-OH is 1. The van der Waals surface area contributed by atoms with Crippen molar-refractivity contribution >= 4 is 29.1 Å². The van der Waals surface area contributed by atoms with Gasteiger partial charge in [-0.2, -0.15) is 0 Å². The Labute approximate surface area is 314 Å². The van der Waals surface area contributed by atoms with Crippen LogP contribution in [-0.2, 0) is 21.4 Å². The first-order valence-corrected chi connectivity index (χ1v) is 18.6. The second-order valence-electron chi connectivity index (χ2n) is 13.9. The number of nitrogens with one attached hydrogen (secondary N) is 2. The fourth-order valence-electron chi connectivity index (χ4n) is 5.61. The van der Waals surface area contributed by atoms with Gasteiger partial charge in [-0.25, -0.2) is 14.8 Å². The number of aromatic nitrogens is 2. The van der Waals surface area contributed by atoms with E-state index in [1.54, 1.807) is 48.8 Å². The number of nitrogens with zero attached hydrogens (tertiary/aromatic N) is 2. The SMILES string of the molecule is CCCCCOc1ccc(-c2cnc(-c3ccc(CC(NC(=O)c4ccc(C(C)(C)C)s4)C(=O)NC(C(=O)O)C(O)c4ccccc4)cc3)nc2)cc1. The van der Waals surface area contributed by atoms with Crippen molar-refractivity contribution in [1.29, 1.82) is 0 Å². The first-order valence-electron chi connectivity index (χ1n) is 17.7. The summed E-state index contributed by atoms with van der Waals surface area (Å²) in [6, 6.07) is 24.2. The Morgan fingerprint density at radius 1 is 0.811 bits per heavy atom. The van der Waals surface area contributed by atoms with E-state index in [1.165, 1.54) is 11.3 Å². The van der Waals surface area contributed by atoms with E-state index in [0.717, 1.165) is 46.6 Å². The average molecular weight is 735 g/mol. The quantitative estimate of drug-likeness (QED) is 0.0767. The molecule has 11 heteroatoms. The summed E-state index contributed by atoms with van der Waals surface area (Å²) in [5, 5.41) is 26.1. The number of ether oxygens (including phenoxy) is 1. The summed E-state index contributed by atoms with van der Waals surface area (Å²) in [6.45, 7) is 9.01. The Balaban J connectivity index is 1.30. The summed E-state index contributed by atoms with van der Waals surface area (Å²) in [5.41, 5.74) is 3.47. The van der Waals surface area contributed by atoms with Crippen molar-refractivity contribution < 1.29 is 29.3 Å². The zero-order chi connectivity index (χ0) is 38.0. The van der Waals surface area contributed by atoms with Crippen LogP contribution in [0, 0.1) is 0 Å². The molecule has 3 unspecified atom stereocenters. The van der Waals surface area contributed by atoms with Gasteiger partial charge in [0.2, 0.25) is 5.91 Å². The molecule has 0 radical (unpaired) electrons. The standard InChI is InChI=1S/C42H46N4O6S/c1-5-6-10-23-52-32-19-17-28(18-20-32)31-25-43-38(44-26-31)30-15-13-27(14-16-30)24-33(45-40(49)34-21-22-35(53-34)42(2,3)4)39(48)46-36(41(50)51)37(47)29-11-8-7-9-12-29/h7-9,11-22,25-26,33,36-37,47H,5-6,10,23-24H2,1-4H3,(H,45,49)(H,46,48)(H,50,51). The summed E-state index contributed by atoms with van der Waals surface area (Å²) < 4.78 is 5.82. The van der Waals surface area contributed by atoms with Crippen molar-refractivity contribution in [1.82, 2.24) is 20.6 Å². The monoisotopic (exact) mass is 734 g/mol. The van der Waals surface area contributed by atoms with E-state index in [2.05, 4.69) is 27.5 Å². The first kappa shape index (κ1) is 38.8. The maximum atomic E-state index is 13.7. The number of carboxylic acids is 1. The third-order valence-corrected chi connectivity index (χ3v) is 10.2. The Bertz CT molecular complexity index is 1960. The lowest BCUT2D eigenvalue weighted by Gasteiger charge is -2.24. The van der Waals surface area contributed by atoms with Crippen LogP contribution in [0.15, 0.2) is 103 Å². The highest BCUT2D eigenvalue weighted by Gasteiger charge is 2.33. The van der Waals surface area contributed by atoms with Gasteiger partial charge in [-0.1, -0.05) is 107 Å². The first-order chi connectivity index (χ1) is 25.4. The fourth-order valence-corrected chi connectivity index (χ4v) is 6.58. The van der Waals surface area contributed by atoms with Gasteiger partial charge in [0.05, 0.1) is 11.5 Å². The van der Waals surface area contributed by atoms with E-state index >= 15 is 0 Å². The summed E-state index contributed by atoms with van der Waals surface area (Å²) in [6.07, 6.45) is 5.40. The van der Waals surface area contributed by atoms with Crippen molar-refractivity contribution in [2.45, 2.75) is 77.0 Å². The number of aliphatic carboxylic acids is 1. The highest BCUT2D eigenvalue weighted by atomic mass is 32.1. The molecule has 0 saturated heterocycles. The predicted octanol–water partition coefficient (Wildman–Crippen LogP) is 7.38. The number of benzene rings is 3. The van der Waals surface area contributed by atoms with Gasteiger partial charge >= 0.3 is 5.97 Å². The minimum absolute atomic E-state index is 0.0568. The Morgan fingerprint density at radius 2 is 1.47 bits per heavy atom. The molecular formula is C42H46N4O6S. The van der Waals surface area contributed by atoms with E-state index in [-0.39, 0.29) is 11.8 Å². The van der Waals surface area contributed by atoms with Crippen molar-refractivity contribution in [3.8, 4) is 28.3 Å². The largest absolute Gasteiger partial charge is 0.494 e. The number of rotatable bonds is 16. The predicted molar refractivity (Wildman–Crippen MR) is 207 cm³/mol. The molecule has 0 aliphatic rings. The van der Waals surface area contributed by atoms with Gasteiger partial charge in [-0.05, 0) is 52.8 Å². The van der Waals surface area contributed by atoms with Crippen LogP contribution in [-0.4, -0.2) is 56.7 Å². The lowest BCUT2D eigenvalue weighted by Crippen LogP contribution is -2.54. The van der Waals surface area contributed by atoms with Gasteiger partial charge in [-0.15, -0.1) is 11.3 Å². The maximum Gasteiger partial charge on any atom is 0.329 e. The van der Waals surface area contributed by atoms with E-state index < -0.39 is 36.0 Å². The van der Waals surface area contributed by atoms with Gasteiger partial charge in [0.15, 0.2) is 11.9 Å². The minimum atomic E-state index is -1.65. The van der Waals surface area contributed by atoms with Crippen molar-refractivity contribution in [3.05, 3.63) is 124 Å². The molecule has 3 atom stereocenters. The molecule has 0 bridgehead atoms. The van der Waals surface area contributed by atoms with Gasteiger partial charge in [-0.3, -0.25) is 9.59 Å². The number of carboxylic acid groups (broad SMARTS) is 1. The lowest BCUT2D eigenvalue weighted by molar-refractivity contribution is -0.145. The van der Waals surface area contributed by atoms with E-state index in [4.69, 9.17) is 4.74 Å². The normalized spacial score (nSPS) is 13.1. The molecule has 3 aromatic carbocycles. The number of carbonyl (C=O) groups is 3. The molecule has 10 nitrogen and oxygen atoms in total. The zero-order valence-electron chi connectivity index (χ0n) is 30.4. The molecule has 0 fully saturated rings. The van der Waals surface area contributed by atoms with Crippen molar-refractivity contribution in [2.75, 3.05) is 6.61 Å². The summed E-state index contributed by atoms with van der Waals surface area (Å²) in [5.74, 6) is -1.26. The van der Waals surface area contributed by atoms with Gasteiger partial charge < -0.3 is 25.6 Å². The van der Waals surface area contributed by atoms with Crippen LogP contribution in [0.25, 0.3) is 22.5 Å². The molecule has 5 rings (SSSR count). The molecule has 2 heterocycles. The number of aliphatic hydroxyl groups is 1. The van der Waals surface area contributed by atoms with E-state index in [9.17, 15) is 24.6 Å².